The molecule has 0 saturated carbocycles. The fourth-order valence-corrected chi connectivity index (χ4v) is 0. The molecular weight excluding hydrogens is 145 g/mol. The molecule has 0 radical (unpaired) electrons. The minimum absolute atomic E-state index is 0. The molecule has 0 amide bonds. The van der Waals surface area contributed by atoms with Crippen LogP contribution in [0.4, 0.5) is 0 Å². The van der Waals surface area contributed by atoms with Crippen LogP contribution in [-0.4, -0.2) is 39.4 Å². The molecule has 0 heterocycles. The summed E-state index contributed by atoms with van der Waals surface area (Å²) in [6.07, 6.45) is 0. The molecule has 0 atom stereocenters. The Kier molecular flexibility index (Phi) is 14.2. The van der Waals surface area contributed by atoms with Crippen molar-refractivity contribution in [1.82, 2.24) is 0 Å². The molecule has 0 aromatic heterocycles. The summed E-state index contributed by atoms with van der Waals surface area (Å²) in [5.41, 5.74) is 0. The van der Waals surface area contributed by atoms with Crippen molar-refractivity contribution in [2.75, 3.05) is 6.61 Å². The van der Waals surface area contributed by atoms with E-state index < -0.39 is 10.4 Å². The topological polar surface area (TPSA) is 100 Å². The zero-order chi connectivity index (χ0) is 7.21. The van der Waals surface area contributed by atoms with E-state index in [4.69, 9.17) is 22.6 Å². The first kappa shape index (κ1) is 16.0. The van der Waals surface area contributed by atoms with Gasteiger partial charge in [-0.05, 0) is 6.92 Å². The largest absolute Gasteiger partial charge is 2.00 e. The minimum Gasteiger partial charge on any atom is -0.759 e. The summed E-state index contributed by atoms with van der Waals surface area (Å²) >= 11 is 0. The fourth-order valence-electron chi connectivity index (χ4n) is 0. The Morgan fingerprint density at radius 2 is 1.44 bits per heavy atom. The second kappa shape index (κ2) is 8.00. The molecule has 0 aromatic rings. The van der Waals surface area contributed by atoms with Gasteiger partial charge in [0.2, 0.25) is 0 Å². The first-order valence-electron chi connectivity index (χ1n) is 1.69. The molecule has 0 aliphatic carbocycles. The Hall–Kier alpha value is -0.00117. The fraction of sp³-hybridized carbons (Fsp3) is 1.00. The molecule has 0 fully saturated rings. The molecule has 52 valence electrons. The Bertz CT molecular complexity index is 109. The van der Waals surface area contributed by atoms with Gasteiger partial charge in [-0.25, -0.2) is 0 Å². The third-order valence-corrected chi connectivity index (χ3v) is 0. The summed E-state index contributed by atoms with van der Waals surface area (Å²) in [6.45, 7) is 1.93. The quantitative estimate of drug-likeness (QED) is 0.252. The number of hydrogen-bond acceptors (Lipinski definition) is 5. The molecule has 5 nitrogen and oxygen atoms in total. The summed E-state index contributed by atoms with van der Waals surface area (Å²) in [6, 6.07) is 0. The molecule has 0 aromatic carbocycles. The van der Waals surface area contributed by atoms with Gasteiger partial charge in [-0.2, -0.15) is 0 Å². The number of hydrogen-bond donors (Lipinski definition) is 1. The zero-order valence-electron chi connectivity index (χ0n) is 4.90. The normalized spacial score (nSPS) is 8.44. The predicted octanol–water partition coefficient (Wildman–Crippen LogP) is -1.72. The number of aliphatic hydroxyl groups is 1. The summed E-state index contributed by atoms with van der Waals surface area (Å²) in [5.74, 6) is 0. The summed E-state index contributed by atoms with van der Waals surface area (Å²) < 4.78 is 34.1. The van der Waals surface area contributed by atoms with Gasteiger partial charge in [0, 0.05) is 17.0 Å². The van der Waals surface area contributed by atoms with E-state index in [1.165, 1.54) is 0 Å². The van der Waals surface area contributed by atoms with Gasteiger partial charge in [0.15, 0.2) is 0 Å². The average Bonchev–Trinajstić information content (AvgIpc) is 1.27. The second-order valence-electron chi connectivity index (χ2n) is 0.724. The number of rotatable bonds is 0. The van der Waals surface area contributed by atoms with E-state index in [9.17, 15) is 0 Å². The van der Waals surface area contributed by atoms with Gasteiger partial charge in [-0.3, -0.25) is 8.42 Å². The molecule has 0 spiro atoms. The molecule has 0 saturated heterocycles. The molecule has 0 rings (SSSR count). The molecule has 7 heteroatoms. The van der Waals surface area contributed by atoms with Crippen molar-refractivity contribution in [3.05, 3.63) is 0 Å². The van der Waals surface area contributed by atoms with E-state index in [0.29, 0.717) is 0 Å². The molecule has 0 bridgehead atoms. The van der Waals surface area contributed by atoms with Crippen LogP contribution in [0.25, 0.3) is 0 Å². The van der Waals surface area contributed by atoms with Gasteiger partial charge in [0.05, 0.1) is 0 Å². The summed E-state index contributed by atoms with van der Waals surface area (Å²) in [7, 11) is -5.17. The Labute approximate surface area is 57.5 Å². The van der Waals surface area contributed by atoms with Crippen LogP contribution < -0.4 is 0 Å². The first-order chi connectivity index (χ1) is 3.41. The van der Waals surface area contributed by atoms with Crippen LogP contribution in [0.2, 0.25) is 0 Å². The average molecular weight is 151 g/mol. The maximum Gasteiger partial charge on any atom is 2.00 e. The zero-order valence-corrected chi connectivity index (χ0v) is 5.72. The van der Waals surface area contributed by atoms with Gasteiger partial charge in [-0.1, -0.05) is 0 Å². The maximum absolute atomic E-state index is 8.52. The number of aliphatic hydroxyl groups excluding tert-OH is 1. The first-order valence-corrected chi connectivity index (χ1v) is 3.02. The summed E-state index contributed by atoms with van der Waals surface area (Å²) in [4.78, 5) is 0. The van der Waals surface area contributed by atoms with Crippen LogP contribution in [-0.2, 0) is 10.4 Å². The van der Waals surface area contributed by atoms with E-state index in [-0.39, 0.29) is 16.7 Å². The van der Waals surface area contributed by atoms with Crippen LogP contribution in [0.3, 0.4) is 0 Å². The molecular formula is C2H6BeO5S. The Morgan fingerprint density at radius 3 is 1.44 bits per heavy atom. The van der Waals surface area contributed by atoms with E-state index in [0.717, 1.165) is 0 Å². The van der Waals surface area contributed by atoms with Gasteiger partial charge in [-0.15, -0.1) is 0 Å². The van der Waals surface area contributed by atoms with Crippen molar-refractivity contribution in [2.24, 2.45) is 0 Å². The maximum atomic E-state index is 8.52. The van der Waals surface area contributed by atoms with Gasteiger partial charge >= 0.3 is 10.1 Å². The van der Waals surface area contributed by atoms with Crippen LogP contribution >= 0.6 is 0 Å². The summed E-state index contributed by atoms with van der Waals surface area (Å²) in [5, 5.41) is 7.57. The Balaban J connectivity index is -0.0000000800. The second-order valence-corrected chi connectivity index (χ2v) is 1.54. The van der Waals surface area contributed by atoms with Crippen molar-refractivity contribution in [3.8, 4) is 0 Å². The van der Waals surface area contributed by atoms with Crippen LogP contribution in [0.15, 0.2) is 0 Å². The van der Waals surface area contributed by atoms with E-state index in [1.807, 2.05) is 0 Å². The predicted molar refractivity (Wildman–Crippen MR) is 29.0 cm³/mol. The van der Waals surface area contributed by atoms with Crippen molar-refractivity contribution in [2.45, 2.75) is 6.92 Å². The van der Waals surface area contributed by atoms with Gasteiger partial charge < -0.3 is 14.2 Å². The molecule has 0 aliphatic rings. The molecule has 9 heavy (non-hydrogen) atoms. The van der Waals surface area contributed by atoms with Crippen molar-refractivity contribution in [1.29, 1.82) is 0 Å². The monoisotopic (exact) mass is 151 g/mol. The van der Waals surface area contributed by atoms with Crippen LogP contribution in [0.5, 0.6) is 0 Å². The van der Waals surface area contributed by atoms with E-state index in [1.54, 1.807) is 6.92 Å². The van der Waals surface area contributed by atoms with Crippen LogP contribution in [0, 0.1) is 0 Å². The minimum atomic E-state index is -5.17. The molecule has 0 aliphatic heterocycles. The van der Waals surface area contributed by atoms with Crippen molar-refractivity contribution in [3.63, 3.8) is 0 Å². The van der Waals surface area contributed by atoms with Gasteiger partial charge in [0.25, 0.3) is 0 Å². The SMILES string of the molecule is CCO.O=S(=O)([O-])[O-].[Be+2]. The third kappa shape index (κ3) is 211000000. The van der Waals surface area contributed by atoms with Crippen molar-refractivity contribution < 1.29 is 22.6 Å². The third-order valence-electron chi connectivity index (χ3n) is 0. The van der Waals surface area contributed by atoms with Gasteiger partial charge in [0.1, 0.15) is 0 Å². The van der Waals surface area contributed by atoms with Crippen LogP contribution in [0.1, 0.15) is 6.92 Å². The van der Waals surface area contributed by atoms with Crippen molar-refractivity contribution >= 4 is 20.5 Å². The standard InChI is InChI=1S/C2H6O.Be.H2O4S/c1-2-3;;1-5(2,3)4/h3H,2H2,1H3;;(H2,1,2,3,4)/q;+2;/p-2. The smallest absolute Gasteiger partial charge is 0.759 e. The molecule has 0 unspecified atom stereocenters. The molecule has 1 N–H and O–H groups in total. The Morgan fingerprint density at radius 1 is 1.44 bits per heavy atom. The van der Waals surface area contributed by atoms with E-state index in [2.05, 4.69) is 0 Å². The van der Waals surface area contributed by atoms with E-state index >= 15 is 0 Å².